The van der Waals surface area contributed by atoms with E-state index in [0.717, 1.165) is 16.3 Å². The zero-order chi connectivity index (χ0) is 9.97. The molecule has 2 aromatic carbocycles. The number of ketones is 1. The average Bonchev–Trinajstić information content (AvgIpc) is 2.18. The lowest BCUT2D eigenvalue weighted by Crippen LogP contribution is -1.96. The maximum absolute atomic E-state index is 11.0. The molecule has 1 radical (unpaired) electrons. The first-order valence-electron chi connectivity index (χ1n) is 4.65. The van der Waals surface area contributed by atoms with Gasteiger partial charge in [-0.2, -0.15) is 0 Å². The van der Waals surface area contributed by atoms with Gasteiger partial charge in [0.1, 0.15) is 5.78 Å². The predicted molar refractivity (Wildman–Crippen MR) is 57.2 cm³/mol. The Balaban J connectivity index is 2.59. The predicted octanol–water partition coefficient (Wildman–Crippen LogP) is 2.77. The molecule has 14 heavy (non-hydrogen) atoms. The first-order chi connectivity index (χ1) is 6.77. The highest BCUT2D eigenvalue weighted by atomic mass is 16.1. The molecule has 2 rings (SSSR count). The fourth-order valence-electron chi connectivity index (χ4n) is 1.63. The summed E-state index contributed by atoms with van der Waals surface area (Å²) in [5.74, 6) is 0.196. The van der Waals surface area contributed by atoms with Crippen LogP contribution in [0.25, 0.3) is 10.8 Å². The zero-order valence-corrected chi connectivity index (χ0v) is 8.08. The van der Waals surface area contributed by atoms with Crippen LogP contribution in [0.2, 0.25) is 0 Å². The van der Waals surface area contributed by atoms with Crippen molar-refractivity contribution in [3.8, 4) is 0 Å². The van der Waals surface area contributed by atoms with Crippen LogP contribution in [0.5, 0.6) is 0 Å². The highest BCUT2D eigenvalue weighted by Gasteiger charge is 2.02. The topological polar surface area (TPSA) is 17.1 Å². The maximum Gasteiger partial charge on any atom is 0.134 e. The Labute approximate surface area is 83.4 Å². The first-order valence-corrected chi connectivity index (χ1v) is 4.65. The molecular formula is C13H11O. The number of hydrogen-bond acceptors (Lipinski definition) is 1. The minimum atomic E-state index is 0.196. The second-order valence-corrected chi connectivity index (χ2v) is 3.43. The highest BCUT2D eigenvalue weighted by molar-refractivity contribution is 5.89. The molecule has 0 atom stereocenters. The Hall–Kier alpha value is -1.63. The van der Waals surface area contributed by atoms with Crippen LogP contribution in [-0.4, -0.2) is 5.78 Å². The molecule has 0 fully saturated rings. The minimum Gasteiger partial charge on any atom is -0.300 e. The van der Waals surface area contributed by atoms with Crippen LogP contribution in [-0.2, 0) is 11.2 Å². The van der Waals surface area contributed by atoms with Crippen molar-refractivity contribution in [2.45, 2.75) is 13.3 Å². The Morgan fingerprint density at radius 1 is 1.29 bits per heavy atom. The van der Waals surface area contributed by atoms with E-state index >= 15 is 0 Å². The molecule has 1 heteroatoms. The summed E-state index contributed by atoms with van der Waals surface area (Å²) in [6.45, 7) is 1.62. The molecule has 0 aliphatic heterocycles. The van der Waals surface area contributed by atoms with Gasteiger partial charge in [0.15, 0.2) is 0 Å². The van der Waals surface area contributed by atoms with E-state index in [1.54, 1.807) is 6.92 Å². The molecule has 2 aromatic rings. The van der Waals surface area contributed by atoms with E-state index < -0.39 is 0 Å². The van der Waals surface area contributed by atoms with Crippen molar-refractivity contribution in [2.24, 2.45) is 0 Å². The molecule has 69 valence electrons. The lowest BCUT2D eigenvalue weighted by molar-refractivity contribution is -0.116. The first kappa shape index (κ1) is 8.95. The van der Waals surface area contributed by atoms with Crippen molar-refractivity contribution in [1.82, 2.24) is 0 Å². The van der Waals surface area contributed by atoms with Gasteiger partial charge in [-0.25, -0.2) is 0 Å². The van der Waals surface area contributed by atoms with Crippen LogP contribution >= 0.6 is 0 Å². The SMILES string of the molecule is CC(=O)Cc1cc[c]c2ccccc12. The van der Waals surface area contributed by atoms with E-state index in [1.165, 1.54) is 0 Å². The number of fused-ring (bicyclic) bond motifs is 1. The molecule has 0 heterocycles. The summed E-state index contributed by atoms with van der Waals surface area (Å²) < 4.78 is 0. The number of rotatable bonds is 2. The van der Waals surface area contributed by atoms with Gasteiger partial charge in [-0.1, -0.05) is 36.4 Å². The molecule has 1 nitrogen and oxygen atoms in total. The molecule has 0 aliphatic rings. The molecule has 0 saturated heterocycles. The number of carbonyl (C=O) groups excluding carboxylic acids is 1. The molecule has 0 aromatic heterocycles. The average molecular weight is 183 g/mol. The molecular weight excluding hydrogens is 172 g/mol. The van der Waals surface area contributed by atoms with Gasteiger partial charge in [0.05, 0.1) is 0 Å². The third-order valence-electron chi connectivity index (χ3n) is 2.24. The van der Waals surface area contributed by atoms with Crippen molar-refractivity contribution >= 4 is 16.6 Å². The van der Waals surface area contributed by atoms with Gasteiger partial charge < -0.3 is 0 Å². The van der Waals surface area contributed by atoms with Crippen LogP contribution in [0.15, 0.2) is 36.4 Å². The van der Waals surface area contributed by atoms with E-state index in [0.29, 0.717) is 6.42 Å². The highest BCUT2D eigenvalue weighted by Crippen LogP contribution is 2.18. The monoisotopic (exact) mass is 183 g/mol. The summed E-state index contributed by atoms with van der Waals surface area (Å²) in [5, 5.41) is 2.21. The van der Waals surface area contributed by atoms with E-state index in [-0.39, 0.29) is 5.78 Å². The summed E-state index contributed by atoms with van der Waals surface area (Å²) in [4.78, 5) is 11.0. The molecule has 0 aliphatic carbocycles. The van der Waals surface area contributed by atoms with E-state index in [9.17, 15) is 4.79 Å². The van der Waals surface area contributed by atoms with Gasteiger partial charge in [0.25, 0.3) is 0 Å². The van der Waals surface area contributed by atoms with Crippen molar-refractivity contribution in [1.29, 1.82) is 0 Å². The summed E-state index contributed by atoms with van der Waals surface area (Å²) in [6, 6.07) is 15.0. The third kappa shape index (κ3) is 1.67. The van der Waals surface area contributed by atoms with Crippen LogP contribution in [0.3, 0.4) is 0 Å². The van der Waals surface area contributed by atoms with Crippen molar-refractivity contribution in [3.05, 3.63) is 48.0 Å². The van der Waals surface area contributed by atoms with Crippen LogP contribution in [0.4, 0.5) is 0 Å². The van der Waals surface area contributed by atoms with Gasteiger partial charge in [-0.05, 0) is 29.3 Å². The Morgan fingerprint density at radius 3 is 2.86 bits per heavy atom. The Morgan fingerprint density at radius 2 is 2.07 bits per heavy atom. The normalized spacial score (nSPS) is 10.4. The largest absolute Gasteiger partial charge is 0.300 e. The standard InChI is InChI=1S/C13H11O/c1-10(14)9-12-7-4-6-11-5-2-3-8-13(11)12/h2-5,7-8H,9H2,1H3. The molecule has 0 bridgehead atoms. The van der Waals surface area contributed by atoms with Crippen molar-refractivity contribution < 1.29 is 4.79 Å². The van der Waals surface area contributed by atoms with E-state index in [4.69, 9.17) is 0 Å². The lowest BCUT2D eigenvalue weighted by Gasteiger charge is -2.03. The zero-order valence-electron chi connectivity index (χ0n) is 8.08. The van der Waals surface area contributed by atoms with Gasteiger partial charge in [0, 0.05) is 6.42 Å². The molecule has 0 N–H and O–H groups in total. The summed E-state index contributed by atoms with van der Waals surface area (Å²) in [5.41, 5.74) is 1.09. The number of Topliss-reactive ketones (excluding diaryl/α,β-unsaturated/α-hetero) is 1. The van der Waals surface area contributed by atoms with Crippen molar-refractivity contribution in [2.75, 3.05) is 0 Å². The van der Waals surface area contributed by atoms with Crippen molar-refractivity contribution in [3.63, 3.8) is 0 Å². The summed E-state index contributed by atoms with van der Waals surface area (Å²) in [7, 11) is 0. The maximum atomic E-state index is 11.0. The van der Waals surface area contributed by atoms with Gasteiger partial charge >= 0.3 is 0 Å². The fraction of sp³-hybridized carbons (Fsp3) is 0.154. The molecule has 0 saturated carbocycles. The van der Waals surface area contributed by atoms with Crippen LogP contribution in [0, 0.1) is 6.07 Å². The molecule has 0 amide bonds. The second kappa shape index (κ2) is 3.62. The van der Waals surface area contributed by atoms with Crippen LogP contribution < -0.4 is 0 Å². The van der Waals surface area contributed by atoms with Gasteiger partial charge in [0.2, 0.25) is 0 Å². The summed E-state index contributed by atoms with van der Waals surface area (Å²) >= 11 is 0. The number of benzene rings is 2. The van der Waals surface area contributed by atoms with Crippen LogP contribution in [0.1, 0.15) is 12.5 Å². The fourth-order valence-corrected chi connectivity index (χ4v) is 1.63. The van der Waals surface area contributed by atoms with E-state index in [1.807, 2.05) is 36.4 Å². The summed E-state index contributed by atoms with van der Waals surface area (Å²) in [6.07, 6.45) is 0.509. The Bertz CT molecular complexity index is 466. The quantitative estimate of drug-likeness (QED) is 0.699. The Kier molecular flexibility index (Phi) is 2.32. The van der Waals surface area contributed by atoms with Gasteiger partial charge in [-0.15, -0.1) is 0 Å². The second-order valence-electron chi connectivity index (χ2n) is 3.43. The smallest absolute Gasteiger partial charge is 0.134 e. The molecule has 0 unspecified atom stereocenters. The molecule has 0 spiro atoms. The van der Waals surface area contributed by atoms with Gasteiger partial charge in [-0.3, -0.25) is 4.79 Å². The lowest BCUT2D eigenvalue weighted by atomic mass is 10.0. The van der Waals surface area contributed by atoms with E-state index in [2.05, 4.69) is 6.07 Å². The third-order valence-corrected chi connectivity index (χ3v) is 2.24. The number of carbonyl (C=O) groups is 1. The number of hydrogen-bond donors (Lipinski definition) is 0. The minimum absolute atomic E-state index is 0.196.